The summed E-state index contributed by atoms with van der Waals surface area (Å²) in [4.78, 5) is 7.26. The maximum absolute atomic E-state index is 5.99. The van der Waals surface area contributed by atoms with Gasteiger partial charge in [0.2, 0.25) is 0 Å². The van der Waals surface area contributed by atoms with Crippen molar-refractivity contribution >= 4 is 11.3 Å². The predicted molar refractivity (Wildman–Crippen MR) is 101 cm³/mol. The zero-order valence-electron chi connectivity index (χ0n) is 14.8. The van der Waals surface area contributed by atoms with Gasteiger partial charge in [0, 0.05) is 24.0 Å². The Hall–Kier alpha value is -2.33. The molecule has 24 heavy (non-hydrogen) atoms. The summed E-state index contributed by atoms with van der Waals surface area (Å²) in [6, 6.07) is 12.3. The van der Waals surface area contributed by atoms with Crippen molar-refractivity contribution in [2.75, 3.05) is 19.3 Å². The van der Waals surface area contributed by atoms with Crippen LogP contribution in [0.15, 0.2) is 42.6 Å². The molecule has 126 valence electrons. The van der Waals surface area contributed by atoms with Gasteiger partial charge < -0.3 is 15.0 Å². The lowest BCUT2D eigenvalue weighted by Crippen LogP contribution is -2.20. The van der Waals surface area contributed by atoms with E-state index in [1.54, 1.807) is 0 Å². The predicted octanol–water partition coefficient (Wildman–Crippen LogP) is 4.12. The number of unbranched alkanes of at least 4 members (excludes halogenated alkanes) is 1. The van der Waals surface area contributed by atoms with Crippen LogP contribution in [0, 0.1) is 6.92 Å². The molecule has 0 aliphatic heterocycles. The third-order valence-corrected chi connectivity index (χ3v) is 4.35. The minimum atomic E-state index is 0.769. The number of nitrogens with two attached hydrogens (primary N) is 1. The van der Waals surface area contributed by atoms with Gasteiger partial charge in [0.15, 0.2) is 0 Å². The number of hydrogen-bond acceptors (Lipinski definition) is 3. The molecule has 2 heterocycles. The summed E-state index contributed by atoms with van der Waals surface area (Å²) >= 11 is 0. The molecule has 0 amide bonds. The van der Waals surface area contributed by atoms with Crippen LogP contribution in [0.2, 0.25) is 0 Å². The van der Waals surface area contributed by atoms with E-state index in [1.807, 2.05) is 18.2 Å². The minimum absolute atomic E-state index is 0.769. The number of pyridine rings is 1. The van der Waals surface area contributed by atoms with Crippen LogP contribution in [0.4, 0.5) is 5.69 Å². The molecule has 1 aromatic carbocycles. The van der Waals surface area contributed by atoms with Crippen LogP contribution in [0.5, 0.6) is 0 Å². The molecule has 4 nitrogen and oxygen atoms in total. The number of anilines is 1. The summed E-state index contributed by atoms with van der Waals surface area (Å²) in [5.74, 6) is 0. The van der Waals surface area contributed by atoms with Gasteiger partial charge in [-0.2, -0.15) is 0 Å². The summed E-state index contributed by atoms with van der Waals surface area (Å²) in [6.07, 6.45) is 4.54. The first-order valence-electron chi connectivity index (χ1n) is 8.60. The van der Waals surface area contributed by atoms with Gasteiger partial charge in [-0.3, -0.25) is 0 Å². The summed E-state index contributed by atoms with van der Waals surface area (Å²) in [5, 5.41) is 0. The van der Waals surface area contributed by atoms with Crippen LogP contribution in [0.3, 0.4) is 0 Å². The molecular formula is C20H26N4. The van der Waals surface area contributed by atoms with Gasteiger partial charge in [0.1, 0.15) is 5.65 Å². The topological polar surface area (TPSA) is 46.6 Å². The zero-order valence-corrected chi connectivity index (χ0v) is 14.8. The van der Waals surface area contributed by atoms with Crippen LogP contribution >= 0.6 is 0 Å². The molecule has 0 spiro atoms. The average Bonchev–Trinajstić information content (AvgIpc) is 2.90. The van der Waals surface area contributed by atoms with Gasteiger partial charge >= 0.3 is 0 Å². The maximum Gasteiger partial charge on any atom is 0.137 e. The Morgan fingerprint density at radius 2 is 2.04 bits per heavy atom. The third kappa shape index (κ3) is 3.44. The van der Waals surface area contributed by atoms with Crippen molar-refractivity contribution in [3.8, 4) is 11.3 Å². The van der Waals surface area contributed by atoms with Crippen molar-refractivity contribution in [2.24, 2.45) is 0 Å². The molecule has 0 bridgehead atoms. The highest BCUT2D eigenvalue weighted by Crippen LogP contribution is 2.27. The van der Waals surface area contributed by atoms with Gasteiger partial charge in [-0.25, -0.2) is 4.98 Å². The van der Waals surface area contributed by atoms with Gasteiger partial charge in [0.25, 0.3) is 0 Å². The normalized spacial score (nSPS) is 11.5. The van der Waals surface area contributed by atoms with Crippen LogP contribution in [-0.4, -0.2) is 27.9 Å². The number of benzene rings is 1. The lowest BCUT2D eigenvalue weighted by atomic mass is 10.1. The van der Waals surface area contributed by atoms with Gasteiger partial charge in [-0.15, -0.1) is 0 Å². The second kappa shape index (κ2) is 7.05. The Kier molecular flexibility index (Phi) is 4.86. The van der Waals surface area contributed by atoms with Crippen molar-refractivity contribution in [1.29, 1.82) is 0 Å². The fourth-order valence-corrected chi connectivity index (χ4v) is 3.03. The van der Waals surface area contributed by atoms with Crippen molar-refractivity contribution in [3.05, 3.63) is 53.9 Å². The molecule has 0 fully saturated rings. The molecule has 0 atom stereocenters. The summed E-state index contributed by atoms with van der Waals surface area (Å²) < 4.78 is 2.20. The van der Waals surface area contributed by atoms with Crippen LogP contribution < -0.4 is 5.73 Å². The highest BCUT2D eigenvalue weighted by Gasteiger charge is 2.16. The maximum atomic E-state index is 5.99. The second-order valence-corrected chi connectivity index (χ2v) is 6.56. The molecule has 0 saturated carbocycles. The minimum Gasteiger partial charge on any atom is -0.399 e. The quantitative estimate of drug-likeness (QED) is 0.694. The lowest BCUT2D eigenvalue weighted by Gasteiger charge is -2.17. The monoisotopic (exact) mass is 322 g/mol. The molecule has 0 unspecified atom stereocenters. The van der Waals surface area contributed by atoms with Crippen molar-refractivity contribution in [1.82, 2.24) is 14.3 Å². The molecule has 0 saturated heterocycles. The van der Waals surface area contributed by atoms with E-state index in [2.05, 4.69) is 54.6 Å². The number of nitrogen functional groups attached to an aromatic ring is 1. The first-order chi connectivity index (χ1) is 11.6. The van der Waals surface area contributed by atoms with E-state index < -0.39 is 0 Å². The van der Waals surface area contributed by atoms with Crippen LogP contribution in [0.1, 0.15) is 31.0 Å². The van der Waals surface area contributed by atoms with E-state index in [0.717, 1.165) is 35.7 Å². The van der Waals surface area contributed by atoms with Gasteiger partial charge in [-0.1, -0.05) is 25.5 Å². The van der Waals surface area contributed by atoms with Crippen molar-refractivity contribution in [2.45, 2.75) is 33.2 Å². The number of rotatable bonds is 6. The number of aromatic nitrogens is 2. The Balaban J connectivity index is 2.07. The van der Waals surface area contributed by atoms with E-state index in [-0.39, 0.29) is 0 Å². The fourth-order valence-electron chi connectivity index (χ4n) is 3.03. The van der Waals surface area contributed by atoms with E-state index in [1.165, 1.54) is 24.1 Å². The highest BCUT2D eigenvalue weighted by atomic mass is 15.1. The second-order valence-electron chi connectivity index (χ2n) is 6.56. The first kappa shape index (κ1) is 16.5. The van der Waals surface area contributed by atoms with E-state index in [9.17, 15) is 0 Å². The van der Waals surface area contributed by atoms with E-state index in [0.29, 0.717) is 0 Å². The Morgan fingerprint density at radius 3 is 2.79 bits per heavy atom. The Bertz CT molecular complexity index is 835. The van der Waals surface area contributed by atoms with Crippen LogP contribution in [-0.2, 0) is 6.54 Å². The van der Waals surface area contributed by atoms with E-state index in [4.69, 9.17) is 10.7 Å². The van der Waals surface area contributed by atoms with Crippen LogP contribution in [0.25, 0.3) is 16.9 Å². The standard InChI is InChI=1S/C20H26N4/c1-4-5-10-23(3)14-18-20(16-7-6-8-17(21)13-16)22-19-12-15(2)9-11-24(18)19/h6-9,11-13H,4-5,10,14,21H2,1-3H3. The van der Waals surface area contributed by atoms with Crippen molar-refractivity contribution < 1.29 is 0 Å². The fraction of sp³-hybridized carbons (Fsp3) is 0.350. The Morgan fingerprint density at radius 1 is 1.21 bits per heavy atom. The smallest absolute Gasteiger partial charge is 0.137 e. The highest BCUT2D eigenvalue weighted by molar-refractivity contribution is 5.69. The molecule has 3 rings (SSSR count). The molecule has 0 aliphatic carbocycles. The zero-order chi connectivity index (χ0) is 17.1. The molecule has 3 aromatic rings. The first-order valence-corrected chi connectivity index (χ1v) is 8.60. The number of fused-ring (bicyclic) bond motifs is 1. The number of imidazole rings is 1. The molecular weight excluding hydrogens is 296 g/mol. The molecule has 2 N–H and O–H groups in total. The molecule has 4 heteroatoms. The number of aryl methyl sites for hydroxylation is 1. The third-order valence-electron chi connectivity index (χ3n) is 4.35. The lowest BCUT2D eigenvalue weighted by molar-refractivity contribution is 0.316. The van der Waals surface area contributed by atoms with Gasteiger partial charge in [0.05, 0.1) is 11.4 Å². The SMILES string of the molecule is CCCCN(C)Cc1c(-c2cccc(N)c2)nc2cc(C)ccn12. The molecule has 2 aromatic heterocycles. The largest absolute Gasteiger partial charge is 0.399 e. The summed E-state index contributed by atoms with van der Waals surface area (Å²) in [7, 11) is 2.17. The number of nitrogens with zero attached hydrogens (tertiary/aromatic N) is 3. The Labute approximate surface area is 143 Å². The number of hydrogen-bond donors (Lipinski definition) is 1. The molecule has 0 radical (unpaired) electrons. The summed E-state index contributed by atoms with van der Waals surface area (Å²) in [6.45, 7) is 6.28. The average molecular weight is 322 g/mol. The van der Waals surface area contributed by atoms with Gasteiger partial charge in [-0.05, 0) is 56.8 Å². The molecule has 0 aliphatic rings. The van der Waals surface area contributed by atoms with Crippen molar-refractivity contribution in [3.63, 3.8) is 0 Å². The summed E-state index contributed by atoms with van der Waals surface area (Å²) in [5.41, 5.74) is 12.3. The van der Waals surface area contributed by atoms with E-state index >= 15 is 0 Å².